The lowest BCUT2D eigenvalue weighted by Crippen LogP contribution is -2.54. The molecule has 2 amide bonds. The van der Waals surface area contributed by atoms with Crippen LogP contribution in [0.4, 0.5) is 0 Å². The summed E-state index contributed by atoms with van der Waals surface area (Å²) in [4.78, 5) is 28.8. The SMILES string of the molecule is CC(C)(C)[C@H](C(=O)N1CC(O)CC1C(=O)NC1C2CCC(C2)C1CO)n1cc(C2CC2)nn1. The minimum atomic E-state index is -0.739. The van der Waals surface area contributed by atoms with Crippen molar-refractivity contribution in [2.45, 2.75) is 89.4 Å². The molecule has 5 rings (SSSR count). The van der Waals surface area contributed by atoms with Crippen molar-refractivity contribution < 1.29 is 19.8 Å². The molecule has 1 aliphatic heterocycles. The van der Waals surface area contributed by atoms with Crippen molar-refractivity contribution >= 4 is 11.8 Å². The van der Waals surface area contributed by atoms with Crippen LogP contribution >= 0.6 is 0 Å². The molecule has 9 heteroatoms. The van der Waals surface area contributed by atoms with E-state index in [0.29, 0.717) is 17.8 Å². The van der Waals surface area contributed by atoms with Crippen molar-refractivity contribution in [1.29, 1.82) is 0 Å². The van der Waals surface area contributed by atoms with Crippen LogP contribution < -0.4 is 5.32 Å². The molecule has 2 heterocycles. The van der Waals surface area contributed by atoms with Gasteiger partial charge < -0.3 is 20.4 Å². The van der Waals surface area contributed by atoms with Crippen LogP contribution in [0.5, 0.6) is 0 Å². The fourth-order valence-corrected chi connectivity index (χ4v) is 6.48. The molecule has 0 spiro atoms. The second-order valence-corrected chi connectivity index (χ2v) is 11.8. The van der Waals surface area contributed by atoms with Gasteiger partial charge in [-0.1, -0.05) is 26.0 Å². The highest BCUT2D eigenvalue weighted by Crippen LogP contribution is 2.48. The highest BCUT2D eigenvalue weighted by Gasteiger charge is 2.50. The first-order valence-electron chi connectivity index (χ1n) is 12.5. The predicted molar refractivity (Wildman–Crippen MR) is 120 cm³/mol. The van der Waals surface area contributed by atoms with E-state index in [0.717, 1.165) is 37.8 Å². The second-order valence-electron chi connectivity index (χ2n) is 11.8. The Bertz CT molecular complexity index is 907. The molecule has 3 aliphatic carbocycles. The highest BCUT2D eigenvalue weighted by molar-refractivity contribution is 5.90. The fourth-order valence-electron chi connectivity index (χ4n) is 6.48. The number of aliphatic hydroxyl groups excluding tert-OH is 2. The molecule has 4 fully saturated rings. The number of β-amino-alcohol motifs (C(OH)–C–C–N with tert-alkyl or cyclic N) is 1. The maximum atomic E-state index is 13.8. The van der Waals surface area contributed by atoms with Gasteiger partial charge in [0.15, 0.2) is 0 Å². The van der Waals surface area contributed by atoms with Crippen LogP contribution in [-0.4, -0.2) is 73.3 Å². The van der Waals surface area contributed by atoms with E-state index in [2.05, 4.69) is 15.6 Å². The summed E-state index contributed by atoms with van der Waals surface area (Å²) in [7, 11) is 0. The van der Waals surface area contributed by atoms with E-state index >= 15 is 0 Å². The second kappa shape index (κ2) is 8.34. The number of nitrogens with zero attached hydrogens (tertiary/aromatic N) is 4. The molecule has 6 unspecified atom stereocenters. The number of aliphatic hydroxyl groups is 2. The van der Waals surface area contributed by atoms with Crippen LogP contribution in [0.2, 0.25) is 0 Å². The zero-order valence-corrected chi connectivity index (χ0v) is 19.9. The molecule has 4 aliphatic rings. The minimum absolute atomic E-state index is 0.0502. The molecule has 1 saturated heterocycles. The summed E-state index contributed by atoms with van der Waals surface area (Å²) >= 11 is 0. The average Bonchev–Trinajstić information content (AvgIpc) is 3.11. The molecule has 0 radical (unpaired) electrons. The van der Waals surface area contributed by atoms with Gasteiger partial charge in [-0.15, -0.1) is 5.10 Å². The highest BCUT2D eigenvalue weighted by atomic mass is 16.3. The molecule has 0 aromatic carbocycles. The van der Waals surface area contributed by atoms with E-state index in [1.807, 2.05) is 27.0 Å². The fraction of sp³-hybridized carbons (Fsp3) is 0.833. The summed E-state index contributed by atoms with van der Waals surface area (Å²) < 4.78 is 1.65. The summed E-state index contributed by atoms with van der Waals surface area (Å²) in [5, 5.41) is 32.0. The number of likely N-dealkylation sites (tertiary alicyclic amines) is 1. The number of hydrogen-bond donors (Lipinski definition) is 3. The van der Waals surface area contributed by atoms with Crippen LogP contribution in [-0.2, 0) is 9.59 Å². The molecular formula is C24H37N5O4. The Morgan fingerprint density at radius 2 is 1.91 bits per heavy atom. The van der Waals surface area contributed by atoms with E-state index in [1.165, 1.54) is 4.90 Å². The first kappa shape index (κ1) is 22.8. The molecule has 3 saturated carbocycles. The quantitative estimate of drug-likeness (QED) is 0.588. The van der Waals surface area contributed by atoms with Gasteiger partial charge in [-0.05, 0) is 49.4 Å². The minimum Gasteiger partial charge on any atom is -0.396 e. The Kier molecular flexibility index (Phi) is 5.76. The van der Waals surface area contributed by atoms with Crippen LogP contribution in [0.25, 0.3) is 0 Å². The van der Waals surface area contributed by atoms with Crippen LogP contribution in [0.15, 0.2) is 6.20 Å². The molecule has 1 aromatic heterocycles. The Hall–Kier alpha value is -2.00. The summed E-state index contributed by atoms with van der Waals surface area (Å²) in [5.41, 5.74) is 0.464. The normalized spacial score (nSPS) is 34.6. The summed E-state index contributed by atoms with van der Waals surface area (Å²) in [5.74, 6) is 0.948. The Labute approximate surface area is 194 Å². The number of rotatable bonds is 6. The number of fused-ring (bicyclic) bond motifs is 2. The Morgan fingerprint density at radius 1 is 1.18 bits per heavy atom. The van der Waals surface area contributed by atoms with Crippen molar-refractivity contribution in [2.75, 3.05) is 13.2 Å². The first-order chi connectivity index (χ1) is 15.7. The van der Waals surface area contributed by atoms with E-state index in [1.54, 1.807) is 4.68 Å². The lowest BCUT2D eigenvalue weighted by molar-refractivity contribution is -0.144. The maximum Gasteiger partial charge on any atom is 0.248 e. The summed E-state index contributed by atoms with van der Waals surface area (Å²) in [6, 6.07) is -1.39. The van der Waals surface area contributed by atoms with E-state index < -0.39 is 23.6 Å². The van der Waals surface area contributed by atoms with Crippen LogP contribution in [0.3, 0.4) is 0 Å². The molecule has 7 atom stereocenters. The largest absolute Gasteiger partial charge is 0.396 e. The number of hydrogen-bond acceptors (Lipinski definition) is 6. The molecule has 182 valence electrons. The lowest BCUT2D eigenvalue weighted by Gasteiger charge is -2.36. The summed E-state index contributed by atoms with van der Waals surface area (Å²) in [6.45, 7) is 6.15. The molecule has 1 aromatic rings. The van der Waals surface area contributed by atoms with Crippen LogP contribution in [0, 0.1) is 23.2 Å². The molecule has 33 heavy (non-hydrogen) atoms. The van der Waals surface area contributed by atoms with Gasteiger partial charge in [-0.25, -0.2) is 4.68 Å². The number of nitrogens with one attached hydrogen (secondary N) is 1. The third kappa shape index (κ3) is 4.18. The van der Waals surface area contributed by atoms with Crippen molar-refractivity contribution in [2.24, 2.45) is 23.2 Å². The molecule has 3 N–H and O–H groups in total. The van der Waals surface area contributed by atoms with Crippen LogP contribution in [0.1, 0.15) is 76.9 Å². The number of carbonyl (C=O) groups is 2. The topological polar surface area (TPSA) is 121 Å². The van der Waals surface area contributed by atoms with E-state index in [4.69, 9.17) is 0 Å². The molecule has 2 bridgehead atoms. The van der Waals surface area contributed by atoms with Gasteiger partial charge in [-0.2, -0.15) is 0 Å². The van der Waals surface area contributed by atoms with Gasteiger partial charge in [-0.3, -0.25) is 9.59 Å². The maximum absolute atomic E-state index is 13.8. The monoisotopic (exact) mass is 459 g/mol. The lowest BCUT2D eigenvalue weighted by atomic mass is 9.84. The molecule has 9 nitrogen and oxygen atoms in total. The zero-order valence-electron chi connectivity index (χ0n) is 19.9. The number of aromatic nitrogens is 3. The van der Waals surface area contributed by atoms with Crippen molar-refractivity contribution in [1.82, 2.24) is 25.2 Å². The molecular weight excluding hydrogens is 422 g/mol. The van der Waals surface area contributed by atoms with Gasteiger partial charge >= 0.3 is 0 Å². The third-order valence-corrected chi connectivity index (χ3v) is 8.32. The zero-order chi connectivity index (χ0) is 23.5. The van der Waals surface area contributed by atoms with Gasteiger partial charge in [0.2, 0.25) is 11.8 Å². The summed E-state index contributed by atoms with van der Waals surface area (Å²) in [6.07, 6.45) is 6.80. The predicted octanol–water partition coefficient (Wildman–Crippen LogP) is 1.23. The van der Waals surface area contributed by atoms with Gasteiger partial charge in [0.1, 0.15) is 12.1 Å². The smallest absolute Gasteiger partial charge is 0.248 e. The van der Waals surface area contributed by atoms with Crippen molar-refractivity contribution in [3.8, 4) is 0 Å². The number of amides is 2. The standard InChI is InChI=1S/C24H37N5O4/c1-24(2,3)21(29-11-18(26-27-29)13-4-5-13)23(33)28-10-16(31)9-19(28)22(32)25-20-15-7-6-14(8-15)17(20)12-30/h11,13-17,19-21,30-31H,4-10,12H2,1-3H3,(H,25,32)/t14?,15?,16?,17?,19?,20?,21-/m0/s1. The van der Waals surface area contributed by atoms with E-state index in [9.17, 15) is 19.8 Å². The first-order valence-corrected chi connectivity index (χ1v) is 12.5. The van der Waals surface area contributed by atoms with Gasteiger partial charge in [0, 0.05) is 43.6 Å². The van der Waals surface area contributed by atoms with E-state index in [-0.39, 0.29) is 43.3 Å². The Morgan fingerprint density at radius 3 is 2.58 bits per heavy atom. The van der Waals surface area contributed by atoms with Gasteiger partial charge in [0.05, 0.1) is 11.8 Å². The number of carbonyl (C=O) groups excluding carboxylic acids is 2. The third-order valence-electron chi connectivity index (χ3n) is 8.32. The van der Waals surface area contributed by atoms with Crippen molar-refractivity contribution in [3.63, 3.8) is 0 Å². The average molecular weight is 460 g/mol. The Balaban J connectivity index is 1.35. The van der Waals surface area contributed by atoms with Gasteiger partial charge in [0.25, 0.3) is 0 Å². The van der Waals surface area contributed by atoms with Crippen molar-refractivity contribution in [3.05, 3.63) is 11.9 Å².